The van der Waals surface area contributed by atoms with Crippen LogP contribution in [-0.2, 0) is 24.6 Å². The van der Waals surface area contributed by atoms with Crippen LogP contribution >= 0.6 is 22.9 Å². The average Bonchev–Trinajstić information content (AvgIpc) is 3.46. The van der Waals surface area contributed by atoms with Crippen molar-refractivity contribution in [2.75, 3.05) is 11.9 Å². The summed E-state index contributed by atoms with van der Waals surface area (Å²) in [4.78, 5) is 64.3. The third kappa shape index (κ3) is 9.16. The summed E-state index contributed by atoms with van der Waals surface area (Å²) < 4.78 is 6.10. The molecule has 2 aromatic rings. The Morgan fingerprint density at radius 1 is 1.13 bits per heavy atom. The van der Waals surface area contributed by atoms with E-state index in [0.29, 0.717) is 28.9 Å². The summed E-state index contributed by atoms with van der Waals surface area (Å²) in [6.45, 7) is 14.1. The Kier molecular flexibility index (Phi) is 10.8. The molecular formula is C32H45ClN6O5S. The Balaban J connectivity index is 1.58. The van der Waals surface area contributed by atoms with Crippen LogP contribution in [0.5, 0.6) is 5.88 Å². The molecule has 1 saturated carbocycles. The van der Waals surface area contributed by atoms with Crippen molar-refractivity contribution in [3.05, 3.63) is 34.4 Å². The van der Waals surface area contributed by atoms with Gasteiger partial charge in [0.15, 0.2) is 5.13 Å². The second-order valence-electron chi connectivity index (χ2n) is 14.0. The van der Waals surface area contributed by atoms with Gasteiger partial charge in [-0.1, -0.05) is 66.5 Å². The maximum atomic E-state index is 14.4. The smallest absolute Gasteiger partial charge is 0.289 e. The van der Waals surface area contributed by atoms with Crippen molar-refractivity contribution >= 4 is 51.6 Å². The summed E-state index contributed by atoms with van der Waals surface area (Å²) in [5.41, 5.74) is 0.206. The normalized spacial score (nSPS) is 19.9. The van der Waals surface area contributed by atoms with Gasteiger partial charge in [0.25, 0.3) is 5.91 Å². The summed E-state index contributed by atoms with van der Waals surface area (Å²) in [5, 5.41) is 11.9. The van der Waals surface area contributed by atoms with Gasteiger partial charge in [0.05, 0.1) is 23.3 Å². The maximum Gasteiger partial charge on any atom is 0.289 e. The van der Waals surface area contributed by atoms with E-state index in [-0.39, 0.29) is 30.3 Å². The number of anilines is 1. The number of halogens is 1. The van der Waals surface area contributed by atoms with Gasteiger partial charge in [-0.3, -0.25) is 19.2 Å². The zero-order chi connectivity index (χ0) is 33.1. The van der Waals surface area contributed by atoms with Gasteiger partial charge in [-0.2, -0.15) is 0 Å². The van der Waals surface area contributed by atoms with Crippen molar-refractivity contribution in [2.24, 2.45) is 5.41 Å². The molecule has 4 atom stereocenters. The molecule has 1 saturated heterocycles. The number of Topliss-reactive ketones (excluding diaryl/α,β-unsaturated/α-hetero) is 1. The molecule has 3 heterocycles. The summed E-state index contributed by atoms with van der Waals surface area (Å²) >= 11 is 7.42. The SMILES string of the molecule is CCC[C@@H](NC(=O)[C@H]1CC(Oc2ccc(Cl)cn2)CN1C(=O)[C@H](Nc1nc(C(C)(C)C)cs1)C(C)(C)C)C(=O)C(=O)NC1CC1. The highest BCUT2D eigenvalue weighted by Gasteiger charge is 2.46. The Labute approximate surface area is 274 Å². The summed E-state index contributed by atoms with van der Waals surface area (Å²) in [7, 11) is 0. The minimum absolute atomic E-state index is 0.0147. The highest BCUT2D eigenvalue weighted by molar-refractivity contribution is 7.13. The third-order valence-corrected chi connectivity index (χ3v) is 8.83. The Morgan fingerprint density at radius 2 is 1.84 bits per heavy atom. The van der Waals surface area contributed by atoms with E-state index < -0.39 is 47.2 Å². The van der Waals surface area contributed by atoms with Crippen LogP contribution in [0.1, 0.15) is 86.3 Å². The molecule has 3 N–H and O–H groups in total. The zero-order valence-corrected chi connectivity index (χ0v) is 28.7. The minimum atomic E-state index is -1.00. The summed E-state index contributed by atoms with van der Waals surface area (Å²) in [5.74, 6) is -1.87. The topological polar surface area (TPSA) is 143 Å². The molecule has 11 nitrogen and oxygen atoms in total. The lowest BCUT2D eigenvalue weighted by molar-refractivity contribution is -0.143. The van der Waals surface area contributed by atoms with E-state index in [1.165, 1.54) is 22.4 Å². The standard InChI is InChI=1S/C32H45ClN6O5S/c1-8-9-21(25(40)28(42)35-19-11-12-19)36-27(41)22-14-20(44-24-13-10-18(33)15-34-24)16-39(22)29(43)26(32(5,6)7)38-30-37-23(17-45-30)31(2,3)4/h10,13,15,17,19-22,26H,8-9,11-12,14,16H2,1-7H3,(H,35,42)(H,36,41)(H,37,38)/t20?,21-,22-,26+/m1/s1. The van der Waals surface area contributed by atoms with Crippen molar-refractivity contribution < 1.29 is 23.9 Å². The molecule has 2 fully saturated rings. The van der Waals surface area contributed by atoms with Gasteiger partial charge in [0.2, 0.25) is 23.5 Å². The van der Waals surface area contributed by atoms with Gasteiger partial charge in [-0.15, -0.1) is 11.3 Å². The highest BCUT2D eigenvalue weighted by Crippen LogP contribution is 2.32. The highest BCUT2D eigenvalue weighted by atomic mass is 35.5. The van der Waals surface area contributed by atoms with Gasteiger partial charge in [-0.25, -0.2) is 9.97 Å². The Morgan fingerprint density at radius 3 is 2.40 bits per heavy atom. The molecular weight excluding hydrogens is 616 g/mol. The van der Waals surface area contributed by atoms with E-state index in [4.69, 9.17) is 21.3 Å². The van der Waals surface area contributed by atoms with Gasteiger partial charge in [0, 0.05) is 35.5 Å². The number of thiazole rings is 1. The third-order valence-electron chi connectivity index (χ3n) is 7.84. The number of carbonyl (C=O) groups excluding carboxylic acids is 4. The first kappa shape index (κ1) is 34.6. The lowest BCUT2D eigenvalue weighted by Gasteiger charge is -2.35. The van der Waals surface area contributed by atoms with Gasteiger partial charge in [0.1, 0.15) is 18.2 Å². The van der Waals surface area contributed by atoms with Gasteiger partial charge >= 0.3 is 0 Å². The van der Waals surface area contributed by atoms with E-state index in [0.717, 1.165) is 18.5 Å². The molecule has 246 valence electrons. The van der Waals surface area contributed by atoms with Gasteiger partial charge in [-0.05, 0) is 30.7 Å². The monoisotopic (exact) mass is 660 g/mol. The molecule has 4 rings (SSSR count). The number of nitrogens with one attached hydrogen (secondary N) is 3. The molecule has 0 radical (unpaired) electrons. The fourth-order valence-electron chi connectivity index (χ4n) is 5.07. The number of nitrogens with zero attached hydrogens (tertiary/aromatic N) is 3. The number of pyridine rings is 1. The first-order valence-corrected chi connectivity index (χ1v) is 16.8. The van der Waals surface area contributed by atoms with Crippen LogP contribution in [-0.4, -0.2) is 75.2 Å². The quantitative estimate of drug-likeness (QED) is 0.283. The second-order valence-corrected chi connectivity index (χ2v) is 15.3. The molecule has 2 aromatic heterocycles. The number of hydrogen-bond acceptors (Lipinski definition) is 9. The number of ether oxygens (including phenoxy) is 1. The fraction of sp³-hybridized carbons (Fsp3) is 0.625. The summed E-state index contributed by atoms with van der Waals surface area (Å²) in [6, 6.07) is 0.627. The number of aromatic nitrogens is 2. The first-order chi connectivity index (χ1) is 21.1. The largest absolute Gasteiger partial charge is 0.472 e. The van der Waals surface area contributed by atoms with Crippen molar-refractivity contribution in [1.82, 2.24) is 25.5 Å². The van der Waals surface area contributed by atoms with E-state index in [9.17, 15) is 19.2 Å². The van der Waals surface area contributed by atoms with Crippen molar-refractivity contribution in [2.45, 2.75) is 116 Å². The number of likely N-dealkylation sites (tertiary alicyclic amines) is 1. The summed E-state index contributed by atoms with van der Waals surface area (Å²) in [6.07, 6.45) is 3.64. The van der Waals surface area contributed by atoms with Crippen molar-refractivity contribution in [3.63, 3.8) is 0 Å². The number of amides is 3. The van der Waals surface area contributed by atoms with Crippen LogP contribution in [0.3, 0.4) is 0 Å². The Hall–Kier alpha value is -3.25. The lowest BCUT2D eigenvalue weighted by Crippen LogP contribution is -2.56. The Bertz CT molecular complexity index is 1380. The predicted molar refractivity (Wildman–Crippen MR) is 174 cm³/mol. The van der Waals surface area contributed by atoms with Crippen LogP contribution < -0.4 is 20.7 Å². The number of ketones is 1. The number of carbonyl (C=O) groups is 4. The molecule has 0 spiro atoms. The molecule has 0 bridgehead atoms. The fourth-order valence-corrected chi connectivity index (χ4v) is 6.15. The molecule has 1 unspecified atom stereocenters. The van der Waals surface area contributed by atoms with Crippen molar-refractivity contribution in [1.29, 1.82) is 0 Å². The number of rotatable bonds is 12. The van der Waals surface area contributed by atoms with E-state index >= 15 is 0 Å². The molecule has 1 aliphatic carbocycles. The zero-order valence-electron chi connectivity index (χ0n) is 27.1. The molecule has 3 amide bonds. The van der Waals surface area contributed by atoms with E-state index in [2.05, 4.69) is 41.7 Å². The van der Waals surface area contributed by atoms with Crippen LogP contribution in [0.15, 0.2) is 23.7 Å². The molecule has 2 aliphatic rings. The van der Waals surface area contributed by atoms with E-state index in [1.54, 1.807) is 12.1 Å². The average molecular weight is 661 g/mol. The van der Waals surface area contributed by atoms with Crippen LogP contribution in [0.2, 0.25) is 5.02 Å². The second kappa shape index (κ2) is 14.0. The molecule has 45 heavy (non-hydrogen) atoms. The van der Waals surface area contributed by atoms with Crippen LogP contribution in [0.25, 0.3) is 0 Å². The number of hydrogen-bond donors (Lipinski definition) is 3. The minimum Gasteiger partial charge on any atom is -0.472 e. The van der Waals surface area contributed by atoms with Crippen molar-refractivity contribution in [3.8, 4) is 5.88 Å². The van der Waals surface area contributed by atoms with Gasteiger partial charge < -0.3 is 25.6 Å². The van der Waals surface area contributed by atoms with Crippen LogP contribution in [0, 0.1) is 5.41 Å². The predicted octanol–water partition coefficient (Wildman–Crippen LogP) is 4.50. The first-order valence-electron chi connectivity index (χ1n) is 15.5. The van der Waals surface area contributed by atoms with Crippen LogP contribution in [0.4, 0.5) is 5.13 Å². The van der Waals surface area contributed by atoms with E-state index in [1.807, 2.05) is 33.1 Å². The lowest BCUT2D eigenvalue weighted by atomic mass is 9.85. The maximum absolute atomic E-state index is 14.4. The molecule has 0 aromatic carbocycles. The molecule has 1 aliphatic heterocycles. The molecule has 13 heteroatoms.